The number of carbonyl (C=O) groups excluding carboxylic acids is 1. The summed E-state index contributed by atoms with van der Waals surface area (Å²) in [5.74, 6) is -0.0309. The van der Waals surface area contributed by atoms with Crippen molar-refractivity contribution >= 4 is 16.7 Å². The van der Waals surface area contributed by atoms with Gasteiger partial charge in [-0.3, -0.25) is 14.5 Å². The molecule has 1 aliphatic rings. The fraction of sp³-hybridized carbons (Fsp3) is 0.474. The maximum atomic E-state index is 13.0. The molecule has 0 aliphatic carbocycles. The Kier molecular flexibility index (Phi) is 4.92. The van der Waals surface area contributed by atoms with Crippen LogP contribution in [-0.2, 0) is 4.74 Å². The SMILES string of the molecule is COCC(C)(C)N1CCN(C(=O)c2c[nH]c(=O)c3ccccc23)CC1. The molecule has 134 valence electrons. The topological polar surface area (TPSA) is 65.6 Å². The summed E-state index contributed by atoms with van der Waals surface area (Å²) in [7, 11) is 1.71. The van der Waals surface area contributed by atoms with E-state index in [0.717, 1.165) is 13.1 Å². The van der Waals surface area contributed by atoms with Crippen LogP contribution in [0.25, 0.3) is 10.8 Å². The van der Waals surface area contributed by atoms with Gasteiger partial charge in [0.25, 0.3) is 11.5 Å². The third kappa shape index (κ3) is 3.45. The maximum absolute atomic E-state index is 13.0. The predicted molar refractivity (Wildman–Crippen MR) is 98.0 cm³/mol. The molecule has 0 spiro atoms. The van der Waals surface area contributed by atoms with Crippen molar-refractivity contribution in [3.63, 3.8) is 0 Å². The minimum Gasteiger partial charge on any atom is -0.383 e. The first-order valence-corrected chi connectivity index (χ1v) is 8.58. The summed E-state index contributed by atoms with van der Waals surface area (Å²) < 4.78 is 5.31. The Morgan fingerprint density at radius 1 is 1.16 bits per heavy atom. The van der Waals surface area contributed by atoms with Crippen LogP contribution in [0.2, 0.25) is 0 Å². The van der Waals surface area contributed by atoms with E-state index in [1.165, 1.54) is 6.20 Å². The third-order valence-electron chi connectivity index (χ3n) is 4.96. The summed E-state index contributed by atoms with van der Waals surface area (Å²) in [4.78, 5) is 31.8. The van der Waals surface area contributed by atoms with Crippen molar-refractivity contribution in [3.8, 4) is 0 Å². The van der Waals surface area contributed by atoms with Crippen LogP contribution in [-0.4, -0.2) is 66.1 Å². The van der Waals surface area contributed by atoms with E-state index >= 15 is 0 Å². The van der Waals surface area contributed by atoms with Crippen molar-refractivity contribution in [1.82, 2.24) is 14.8 Å². The number of hydrogen-bond acceptors (Lipinski definition) is 4. The average molecular weight is 343 g/mol. The number of methoxy groups -OCH3 is 1. The highest BCUT2D eigenvalue weighted by molar-refractivity contribution is 6.06. The number of ether oxygens (including phenoxy) is 1. The lowest BCUT2D eigenvalue weighted by molar-refractivity contribution is 0.00375. The van der Waals surface area contributed by atoms with E-state index in [9.17, 15) is 9.59 Å². The largest absolute Gasteiger partial charge is 0.383 e. The number of H-pyrrole nitrogens is 1. The fourth-order valence-corrected chi connectivity index (χ4v) is 3.52. The molecular formula is C19H25N3O3. The number of hydrogen-bond donors (Lipinski definition) is 1. The van der Waals surface area contributed by atoms with Crippen LogP contribution in [0.5, 0.6) is 0 Å². The lowest BCUT2D eigenvalue weighted by Crippen LogP contribution is -2.57. The predicted octanol–water partition coefficient (Wildman–Crippen LogP) is 1.71. The monoisotopic (exact) mass is 343 g/mol. The Hall–Kier alpha value is -2.18. The van der Waals surface area contributed by atoms with Gasteiger partial charge < -0.3 is 14.6 Å². The van der Waals surface area contributed by atoms with E-state index in [2.05, 4.69) is 23.7 Å². The summed E-state index contributed by atoms with van der Waals surface area (Å²) in [5, 5.41) is 1.26. The Morgan fingerprint density at radius 3 is 2.44 bits per heavy atom. The van der Waals surface area contributed by atoms with Gasteiger partial charge in [0.15, 0.2) is 0 Å². The first-order valence-electron chi connectivity index (χ1n) is 8.58. The van der Waals surface area contributed by atoms with Crippen LogP contribution in [0, 0.1) is 0 Å². The normalized spacial score (nSPS) is 16.4. The molecule has 0 saturated carbocycles. The zero-order valence-electron chi connectivity index (χ0n) is 15.0. The van der Waals surface area contributed by atoms with Gasteiger partial charge in [-0.15, -0.1) is 0 Å². The molecule has 1 fully saturated rings. The van der Waals surface area contributed by atoms with Gasteiger partial charge in [-0.05, 0) is 19.9 Å². The molecule has 0 atom stereocenters. The number of nitrogens with one attached hydrogen (secondary N) is 1. The lowest BCUT2D eigenvalue weighted by atomic mass is 10.0. The summed E-state index contributed by atoms with van der Waals surface area (Å²) in [6.45, 7) is 7.92. The van der Waals surface area contributed by atoms with Gasteiger partial charge in [-0.2, -0.15) is 0 Å². The second-order valence-corrected chi connectivity index (χ2v) is 7.10. The molecule has 0 radical (unpaired) electrons. The number of carbonyl (C=O) groups is 1. The number of amides is 1. The minimum absolute atomic E-state index is 0.0309. The van der Waals surface area contributed by atoms with E-state index in [0.29, 0.717) is 36.0 Å². The van der Waals surface area contributed by atoms with E-state index in [-0.39, 0.29) is 17.0 Å². The number of nitrogens with zero attached hydrogens (tertiary/aromatic N) is 2. The molecular weight excluding hydrogens is 318 g/mol. The molecule has 0 unspecified atom stereocenters. The second kappa shape index (κ2) is 6.98. The van der Waals surface area contributed by atoms with Crippen molar-refractivity contribution in [2.75, 3.05) is 39.9 Å². The number of piperazine rings is 1. The molecule has 1 aromatic carbocycles. The van der Waals surface area contributed by atoms with Crippen molar-refractivity contribution in [2.24, 2.45) is 0 Å². The summed E-state index contributed by atoms with van der Waals surface area (Å²) >= 11 is 0. The number of rotatable bonds is 4. The first kappa shape index (κ1) is 17.6. The van der Waals surface area contributed by atoms with Crippen LogP contribution in [0.3, 0.4) is 0 Å². The highest BCUT2D eigenvalue weighted by atomic mass is 16.5. The summed E-state index contributed by atoms with van der Waals surface area (Å²) in [6, 6.07) is 7.23. The standard InChI is InChI=1S/C19H25N3O3/c1-19(2,13-25-3)22-10-8-21(9-11-22)18(24)16-12-20-17(23)15-7-5-4-6-14(15)16/h4-7,12H,8-11,13H2,1-3H3,(H,20,23). The number of aromatic nitrogens is 1. The van der Waals surface area contributed by atoms with Gasteiger partial charge in [0.1, 0.15) is 0 Å². The molecule has 6 nitrogen and oxygen atoms in total. The van der Waals surface area contributed by atoms with Gasteiger partial charge in [0, 0.05) is 55.8 Å². The Labute approximate surface area is 147 Å². The van der Waals surface area contributed by atoms with Crippen molar-refractivity contribution in [1.29, 1.82) is 0 Å². The quantitative estimate of drug-likeness (QED) is 0.918. The van der Waals surface area contributed by atoms with Crippen LogP contribution in [0.15, 0.2) is 35.3 Å². The van der Waals surface area contributed by atoms with Gasteiger partial charge >= 0.3 is 0 Å². The molecule has 1 aromatic heterocycles. The Bertz CT molecular complexity index is 820. The first-order chi connectivity index (χ1) is 11.9. The average Bonchev–Trinajstić information content (AvgIpc) is 2.62. The van der Waals surface area contributed by atoms with E-state index in [1.54, 1.807) is 13.2 Å². The van der Waals surface area contributed by atoms with Crippen molar-refractivity contribution in [3.05, 3.63) is 46.4 Å². The number of pyridine rings is 1. The summed E-state index contributed by atoms with van der Waals surface area (Å²) in [5.41, 5.74) is 0.340. The van der Waals surface area contributed by atoms with Crippen molar-refractivity contribution < 1.29 is 9.53 Å². The number of benzene rings is 1. The highest BCUT2D eigenvalue weighted by Gasteiger charge is 2.31. The maximum Gasteiger partial charge on any atom is 0.256 e. The Balaban J connectivity index is 1.78. The molecule has 2 aromatic rings. The lowest BCUT2D eigenvalue weighted by Gasteiger charge is -2.43. The third-order valence-corrected chi connectivity index (χ3v) is 4.96. The van der Waals surface area contributed by atoms with E-state index < -0.39 is 0 Å². The zero-order valence-corrected chi connectivity index (χ0v) is 15.0. The minimum atomic E-state index is -0.168. The molecule has 25 heavy (non-hydrogen) atoms. The Morgan fingerprint density at radius 2 is 1.80 bits per heavy atom. The molecule has 1 N–H and O–H groups in total. The zero-order chi connectivity index (χ0) is 18.0. The molecule has 0 bridgehead atoms. The smallest absolute Gasteiger partial charge is 0.256 e. The molecule has 1 aliphatic heterocycles. The molecule has 1 saturated heterocycles. The van der Waals surface area contributed by atoms with Gasteiger partial charge in [0.05, 0.1) is 12.2 Å². The van der Waals surface area contributed by atoms with Crippen LogP contribution >= 0.6 is 0 Å². The summed E-state index contributed by atoms with van der Waals surface area (Å²) in [6.07, 6.45) is 1.54. The number of fused-ring (bicyclic) bond motifs is 1. The van der Waals surface area contributed by atoms with Gasteiger partial charge in [-0.25, -0.2) is 0 Å². The number of aromatic amines is 1. The highest BCUT2D eigenvalue weighted by Crippen LogP contribution is 2.20. The van der Waals surface area contributed by atoms with E-state index in [1.807, 2.05) is 23.1 Å². The molecule has 1 amide bonds. The van der Waals surface area contributed by atoms with Crippen molar-refractivity contribution in [2.45, 2.75) is 19.4 Å². The van der Waals surface area contributed by atoms with Crippen LogP contribution in [0.4, 0.5) is 0 Å². The van der Waals surface area contributed by atoms with Crippen LogP contribution in [0.1, 0.15) is 24.2 Å². The van der Waals surface area contributed by atoms with Gasteiger partial charge in [-0.1, -0.05) is 18.2 Å². The molecule has 6 heteroatoms. The van der Waals surface area contributed by atoms with E-state index in [4.69, 9.17) is 4.74 Å². The van der Waals surface area contributed by atoms with Crippen LogP contribution < -0.4 is 5.56 Å². The fourth-order valence-electron chi connectivity index (χ4n) is 3.52. The molecule has 3 rings (SSSR count). The second-order valence-electron chi connectivity index (χ2n) is 7.10. The van der Waals surface area contributed by atoms with Gasteiger partial charge in [0.2, 0.25) is 0 Å². The molecule has 2 heterocycles.